The Morgan fingerprint density at radius 2 is 1.97 bits per heavy atom. The zero-order valence-electron chi connectivity index (χ0n) is 17.9. The highest BCUT2D eigenvalue weighted by molar-refractivity contribution is 9.10. The number of amides is 2. The summed E-state index contributed by atoms with van der Waals surface area (Å²) in [7, 11) is 3.05. The summed E-state index contributed by atoms with van der Waals surface area (Å²) in [5.41, 5.74) is 1.25. The maximum absolute atomic E-state index is 12.6. The SMILES string of the molecule is COCCCN1C(=O)S/C(=C/c2cc(OC)c(OCc3cccc([N+](=O)[O-])c3)cc2Br)C1=O. The van der Waals surface area contributed by atoms with Crippen LogP contribution >= 0.6 is 27.7 Å². The number of hydrogen-bond donors (Lipinski definition) is 0. The summed E-state index contributed by atoms with van der Waals surface area (Å²) in [5, 5.41) is 10.6. The number of nitro groups is 1. The lowest BCUT2D eigenvalue weighted by Gasteiger charge is -2.13. The van der Waals surface area contributed by atoms with E-state index >= 15 is 0 Å². The molecule has 11 heteroatoms. The second-order valence-electron chi connectivity index (χ2n) is 6.92. The quantitative estimate of drug-likeness (QED) is 0.180. The Labute approximate surface area is 203 Å². The third kappa shape index (κ3) is 6.12. The van der Waals surface area contributed by atoms with Crippen LogP contribution in [0.5, 0.6) is 11.5 Å². The molecule has 0 N–H and O–H groups in total. The van der Waals surface area contributed by atoms with Crippen LogP contribution in [0.15, 0.2) is 45.8 Å². The Balaban J connectivity index is 1.78. The highest BCUT2D eigenvalue weighted by Crippen LogP contribution is 2.38. The zero-order valence-corrected chi connectivity index (χ0v) is 20.3. The maximum Gasteiger partial charge on any atom is 0.293 e. The van der Waals surface area contributed by atoms with E-state index in [9.17, 15) is 19.7 Å². The van der Waals surface area contributed by atoms with Crippen LogP contribution in [0.2, 0.25) is 0 Å². The first-order valence-electron chi connectivity index (χ1n) is 9.82. The molecule has 33 heavy (non-hydrogen) atoms. The number of hydrogen-bond acceptors (Lipinski definition) is 8. The smallest absolute Gasteiger partial charge is 0.293 e. The number of rotatable bonds is 10. The number of nitrogens with zero attached hydrogens (tertiary/aromatic N) is 2. The van der Waals surface area contributed by atoms with Crippen LogP contribution in [0, 0.1) is 10.1 Å². The fourth-order valence-electron chi connectivity index (χ4n) is 3.06. The molecule has 0 aromatic heterocycles. The van der Waals surface area contributed by atoms with Crippen molar-refractivity contribution in [2.45, 2.75) is 13.0 Å². The van der Waals surface area contributed by atoms with Crippen molar-refractivity contribution in [1.82, 2.24) is 4.90 Å². The Morgan fingerprint density at radius 1 is 1.18 bits per heavy atom. The number of ether oxygens (including phenoxy) is 3. The third-order valence-electron chi connectivity index (χ3n) is 4.69. The second-order valence-corrected chi connectivity index (χ2v) is 8.77. The van der Waals surface area contributed by atoms with Crippen LogP contribution in [0.1, 0.15) is 17.5 Å². The van der Waals surface area contributed by atoms with Crippen LogP contribution < -0.4 is 9.47 Å². The molecule has 0 atom stereocenters. The standard InChI is InChI=1S/C22H21BrN2O7S/c1-30-8-4-7-24-21(26)20(33-22(24)27)11-15-10-18(31-2)19(12-17(15)23)32-13-14-5-3-6-16(9-14)25(28)29/h3,5-6,9-12H,4,7-8,13H2,1-2H3/b20-11+. The van der Waals surface area contributed by atoms with Gasteiger partial charge in [0.1, 0.15) is 6.61 Å². The van der Waals surface area contributed by atoms with Gasteiger partial charge in [0.15, 0.2) is 11.5 Å². The van der Waals surface area contributed by atoms with E-state index in [0.717, 1.165) is 11.8 Å². The molecule has 1 fully saturated rings. The van der Waals surface area contributed by atoms with Crippen molar-refractivity contribution >= 4 is 50.6 Å². The predicted molar refractivity (Wildman–Crippen MR) is 127 cm³/mol. The van der Waals surface area contributed by atoms with Gasteiger partial charge in [-0.05, 0) is 47.5 Å². The molecule has 2 amide bonds. The van der Waals surface area contributed by atoms with Gasteiger partial charge < -0.3 is 14.2 Å². The molecular formula is C22H21BrN2O7S. The molecule has 0 spiro atoms. The normalized spacial score (nSPS) is 14.8. The molecule has 0 aliphatic carbocycles. The van der Waals surface area contributed by atoms with Gasteiger partial charge in [-0.25, -0.2) is 0 Å². The van der Waals surface area contributed by atoms with Crippen molar-refractivity contribution in [3.63, 3.8) is 0 Å². The molecule has 1 saturated heterocycles. The average molecular weight is 537 g/mol. The number of non-ortho nitro benzene ring substituents is 1. The molecule has 0 radical (unpaired) electrons. The molecule has 174 valence electrons. The van der Waals surface area contributed by atoms with Gasteiger partial charge in [-0.2, -0.15) is 0 Å². The maximum atomic E-state index is 12.6. The summed E-state index contributed by atoms with van der Waals surface area (Å²) in [4.78, 5) is 36.9. The number of halogens is 1. The first kappa shape index (κ1) is 24.7. The summed E-state index contributed by atoms with van der Waals surface area (Å²) in [5.74, 6) is 0.480. The monoisotopic (exact) mass is 536 g/mol. The number of imide groups is 1. The van der Waals surface area contributed by atoms with E-state index in [0.29, 0.717) is 51.6 Å². The summed E-state index contributed by atoms with van der Waals surface area (Å²) in [6.07, 6.45) is 2.19. The first-order chi connectivity index (χ1) is 15.8. The Kier molecular flexibility index (Phi) is 8.48. The average Bonchev–Trinajstić information content (AvgIpc) is 3.06. The van der Waals surface area contributed by atoms with E-state index in [4.69, 9.17) is 14.2 Å². The van der Waals surface area contributed by atoms with Gasteiger partial charge in [-0.3, -0.25) is 24.6 Å². The molecule has 1 aliphatic rings. The van der Waals surface area contributed by atoms with Crippen LogP contribution in [-0.2, 0) is 16.1 Å². The number of nitro benzene ring substituents is 1. The minimum Gasteiger partial charge on any atom is -0.493 e. The fraction of sp³-hybridized carbons (Fsp3) is 0.273. The van der Waals surface area contributed by atoms with Gasteiger partial charge in [-0.15, -0.1) is 0 Å². The number of carbonyl (C=O) groups is 2. The Morgan fingerprint density at radius 3 is 2.67 bits per heavy atom. The first-order valence-corrected chi connectivity index (χ1v) is 11.4. The highest BCUT2D eigenvalue weighted by atomic mass is 79.9. The van der Waals surface area contributed by atoms with Crippen molar-refractivity contribution in [2.75, 3.05) is 27.4 Å². The minimum atomic E-state index is -0.464. The van der Waals surface area contributed by atoms with Gasteiger partial charge in [0, 0.05) is 36.9 Å². The summed E-state index contributed by atoms with van der Waals surface area (Å²) < 4.78 is 16.9. The number of thioether (sulfide) groups is 1. The Hall–Kier alpha value is -2.89. The van der Waals surface area contributed by atoms with E-state index in [1.165, 1.54) is 24.1 Å². The lowest BCUT2D eigenvalue weighted by molar-refractivity contribution is -0.384. The summed E-state index contributed by atoms with van der Waals surface area (Å²) >= 11 is 4.35. The van der Waals surface area contributed by atoms with E-state index < -0.39 is 4.92 Å². The minimum absolute atomic E-state index is 0.0178. The van der Waals surface area contributed by atoms with Crippen molar-refractivity contribution in [2.24, 2.45) is 0 Å². The number of carbonyl (C=O) groups excluding carboxylic acids is 2. The van der Waals surface area contributed by atoms with Crippen LogP contribution in [0.3, 0.4) is 0 Å². The molecule has 0 bridgehead atoms. The van der Waals surface area contributed by atoms with Crippen LogP contribution in [0.4, 0.5) is 10.5 Å². The fourth-order valence-corrected chi connectivity index (χ4v) is 4.35. The van der Waals surface area contributed by atoms with E-state index in [2.05, 4.69) is 15.9 Å². The summed E-state index contributed by atoms with van der Waals surface area (Å²) in [6.45, 7) is 0.857. The topological polar surface area (TPSA) is 108 Å². The predicted octanol–water partition coefficient (Wildman–Crippen LogP) is 5.02. The van der Waals surface area contributed by atoms with E-state index in [1.54, 1.807) is 37.5 Å². The van der Waals surface area contributed by atoms with Gasteiger partial charge >= 0.3 is 0 Å². The largest absolute Gasteiger partial charge is 0.493 e. The molecule has 0 unspecified atom stereocenters. The lowest BCUT2D eigenvalue weighted by Crippen LogP contribution is -2.29. The molecular weight excluding hydrogens is 516 g/mol. The lowest BCUT2D eigenvalue weighted by atomic mass is 10.1. The molecule has 1 aliphatic heterocycles. The Bertz CT molecular complexity index is 1110. The van der Waals surface area contributed by atoms with E-state index in [-0.39, 0.29) is 23.4 Å². The van der Waals surface area contributed by atoms with E-state index in [1.807, 2.05) is 0 Å². The van der Waals surface area contributed by atoms with Gasteiger partial charge in [0.25, 0.3) is 16.8 Å². The number of benzene rings is 2. The molecule has 3 rings (SSSR count). The van der Waals surface area contributed by atoms with Crippen molar-refractivity contribution in [3.05, 3.63) is 67.0 Å². The molecule has 2 aromatic carbocycles. The van der Waals surface area contributed by atoms with Gasteiger partial charge in [-0.1, -0.05) is 28.1 Å². The van der Waals surface area contributed by atoms with Gasteiger partial charge in [0.05, 0.1) is 16.9 Å². The van der Waals surface area contributed by atoms with Crippen molar-refractivity contribution in [3.8, 4) is 11.5 Å². The zero-order chi connectivity index (χ0) is 24.0. The molecule has 1 heterocycles. The number of methoxy groups -OCH3 is 2. The third-order valence-corrected chi connectivity index (χ3v) is 6.28. The summed E-state index contributed by atoms with van der Waals surface area (Å²) in [6, 6.07) is 9.55. The molecule has 9 nitrogen and oxygen atoms in total. The van der Waals surface area contributed by atoms with Crippen molar-refractivity contribution in [1.29, 1.82) is 0 Å². The highest BCUT2D eigenvalue weighted by Gasteiger charge is 2.34. The second kappa shape index (κ2) is 11.3. The molecule has 2 aromatic rings. The van der Waals surface area contributed by atoms with Crippen LogP contribution in [0.25, 0.3) is 6.08 Å². The van der Waals surface area contributed by atoms with Crippen LogP contribution in [-0.4, -0.2) is 48.3 Å². The molecule has 0 saturated carbocycles. The van der Waals surface area contributed by atoms with Gasteiger partial charge in [0.2, 0.25) is 0 Å². The van der Waals surface area contributed by atoms with Crippen molar-refractivity contribution < 1.29 is 28.7 Å².